The van der Waals surface area contributed by atoms with Crippen LogP contribution in [0.2, 0.25) is 0 Å². The summed E-state index contributed by atoms with van der Waals surface area (Å²) in [6.45, 7) is -0.341. The Labute approximate surface area is 118 Å². The number of halogens is 3. The number of hydrogen-bond donors (Lipinski definition) is 3. The summed E-state index contributed by atoms with van der Waals surface area (Å²) in [5.74, 6) is -1.86. The van der Waals surface area contributed by atoms with Crippen LogP contribution in [0.3, 0.4) is 0 Å². The van der Waals surface area contributed by atoms with Crippen molar-refractivity contribution in [2.24, 2.45) is 11.1 Å². The van der Waals surface area contributed by atoms with E-state index in [9.17, 15) is 22.8 Å². The fraction of sp³-hybridized carbons (Fsp3) is 0.385. The Bertz CT molecular complexity index is 566. The van der Waals surface area contributed by atoms with E-state index in [0.29, 0.717) is 0 Å². The van der Waals surface area contributed by atoms with Crippen LogP contribution in [0.25, 0.3) is 0 Å². The Morgan fingerprint density at radius 2 is 2.05 bits per heavy atom. The van der Waals surface area contributed by atoms with E-state index in [4.69, 9.17) is 5.73 Å². The average molecular weight is 301 g/mol. The maximum atomic E-state index is 13.2. The van der Waals surface area contributed by atoms with Crippen molar-refractivity contribution in [3.05, 3.63) is 29.8 Å². The molecule has 1 heterocycles. The van der Waals surface area contributed by atoms with Crippen LogP contribution in [-0.4, -0.2) is 31.1 Å². The van der Waals surface area contributed by atoms with Crippen LogP contribution < -0.4 is 16.4 Å². The molecule has 1 saturated heterocycles. The summed E-state index contributed by atoms with van der Waals surface area (Å²) >= 11 is 0. The molecule has 21 heavy (non-hydrogen) atoms. The summed E-state index contributed by atoms with van der Waals surface area (Å²) in [5.41, 5.74) is 2.85. The van der Waals surface area contributed by atoms with Gasteiger partial charge in [-0.1, -0.05) is 6.07 Å². The highest BCUT2D eigenvalue weighted by Gasteiger charge is 2.61. The summed E-state index contributed by atoms with van der Waals surface area (Å²) in [4.78, 5) is 23.1. The topological polar surface area (TPSA) is 84.2 Å². The van der Waals surface area contributed by atoms with Gasteiger partial charge < -0.3 is 16.4 Å². The molecule has 0 aromatic heterocycles. The number of carbonyl (C=O) groups excluding carboxylic acids is 2. The number of benzene rings is 1. The number of nitrogens with two attached hydrogens (primary N) is 1. The van der Waals surface area contributed by atoms with Gasteiger partial charge >= 0.3 is 6.18 Å². The fourth-order valence-corrected chi connectivity index (χ4v) is 2.26. The first kappa shape index (κ1) is 15.3. The number of amides is 2. The molecule has 0 aliphatic carbocycles. The molecule has 1 fully saturated rings. The molecular formula is C13H14F3N3O2. The van der Waals surface area contributed by atoms with Crippen LogP contribution in [0.15, 0.2) is 24.3 Å². The van der Waals surface area contributed by atoms with Crippen LogP contribution in [-0.2, 0) is 4.79 Å². The number of hydrogen-bond acceptors (Lipinski definition) is 3. The number of rotatable bonds is 3. The van der Waals surface area contributed by atoms with Gasteiger partial charge in [0.1, 0.15) is 0 Å². The van der Waals surface area contributed by atoms with Gasteiger partial charge in [-0.2, -0.15) is 13.2 Å². The van der Waals surface area contributed by atoms with Gasteiger partial charge in [0.15, 0.2) is 5.41 Å². The number of anilines is 1. The van der Waals surface area contributed by atoms with Crippen molar-refractivity contribution >= 4 is 17.5 Å². The number of primary amides is 1. The van der Waals surface area contributed by atoms with Crippen molar-refractivity contribution in [3.63, 3.8) is 0 Å². The molecule has 0 bridgehead atoms. The minimum atomic E-state index is -4.65. The monoisotopic (exact) mass is 301 g/mol. The molecule has 2 rings (SSSR count). The summed E-state index contributed by atoms with van der Waals surface area (Å²) in [5, 5.41) is 4.78. The van der Waals surface area contributed by atoms with Gasteiger partial charge in [-0.3, -0.25) is 9.59 Å². The van der Waals surface area contributed by atoms with E-state index < -0.39 is 30.0 Å². The van der Waals surface area contributed by atoms with Gasteiger partial charge in [-0.05, 0) is 31.2 Å². The summed E-state index contributed by atoms with van der Waals surface area (Å²) in [6, 6.07) is 5.49. The van der Waals surface area contributed by atoms with E-state index in [-0.39, 0.29) is 24.2 Å². The van der Waals surface area contributed by atoms with Gasteiger partial charge in [-0.25, -0.2) is 0 Å². The van der Waals surface area contributed by atoms with Crippen LogP contribution in [0.5, 0.6) is 0 Å². The van der Waals surface area contributed by atoms with Gasteiger partial charge in [0, 0.05) is 17.8 Å². The molecule has 1 aromatic carbocycles. The van der Waals surface area contributed by atoms with Gasteiger partial charge in [0.25, 0.3) is 0 Å². The van der Waals surface area contributed by atoms with Crippen molar-refractivity contribution in [1.82, 2.24) is 5.32 Å². The normalized spacial score (nSPS) is 22.0. The third kappa shape index (κ3) is 2.85. The third-order valence-electron chi connectivity index (χ3n) is 3.54. The quantitative estimate of drug-likeness (QED) is 0.786. The van der Waals surface area contributed by atoms with Crippen molar-refractivity contribution in [2.75, 3.05) is 18.4 Å². The lowest BCUT2D eigenvalue weighted by molar-refractivity contribution is -0.213. The van der Waals surface area contributed by atoms with Crippen molar-refractivity contribution in [2.45, 2.75) is 12.6 Å². The first-order valence-electron chi connectivity index (χ1n) is 6.25. The second-order valence-electron chi connectivity index (χ2n) is 4.91. The molecule has 1 unspecified atom stereocenters. The van der Waals surface area contributed by atoms with E-state index in [0.717, 1.165) is 0 Å². The van der Waals surface area contributed by atoms with Crippen LogP contribution in [0.4, 0.5) is 18.9 Å². The van der Waals surface area contributed by atoms with Crippen LogP contribution in [0.1, 0.15) is 16.8 Å². The minimum Gasteiger partial charge on any atom is -0.366 e. The zero-order valence-corrected chi connectivity index (χ0v) is 11.0. The van der Waals surface area contributed by atoms with Crippen molar-refractivity contribution in [1.29, 1.82) is 0 Å². The van der Waals surface area contributed by atoms with E-state index in [2.05, 4.69) is 10.6 Å². The zero-order chi connectivity index (χ0) is 15.7. The highest BCUT2D eigenvalue weighted by atomic mass is 19.4. The van der Waals surface area contributed by atoms with E-state index in [1.54, 1.807) is 0 Å². The molecule has 8 heteroatoms. The molecular weight excluding hydrogens is 287 g/mol. The minimum absolute atomic E-state index is 0.104. The molecule has 0 spiro atoms. The molecule has 0 saturated carbocycles. The fourth-order valence-electron chi connectivity index (χ4n) is 2.26. The van der Waals surface area contributed by atoms with Gasteiger partial charge in [-0.15, -0.1) is 0 Å². The number of nitrogens with one attached hydrogen (secondary N) is 2. The second-order valence-corrected chi connectivity index (χ2v) is 4.91. The smallest absolute Gasteiger partial charge is 0.366 e. The standard InChI is InChI=1S/C13H14F3N3O2/c14-13(15,16)12(4-5-18-7-12)11(21)19-9-3-1-2-8(6-9)10(17)20/h1-3,6,18H,4-5,7H2,(H2,17,20)(H,19,21). The Balaban J connectivity index is 2.24. The molecule has 2 amide bonds. The maximum absolute atomic E-state index is 13.2. The number of carbonyl (C=O) groups is 2. The van der Waals surface area contributed by atoms with E-state index in [1.165, 1.54) is 24.3 Å². The lowest BCUT2D eigenvalue weighted by Crippen LogP contribution is -2.49. The Kier molecular flexibility index (Phi) is 3.91. The predicted octanol–water partition coefficient (Wildman–Crippen LogP) is 1.27. The molecule has 5 nitrogen and oxygen atoms in total. The summed E-state index contributed by atoms with van der Waals surface area (Å²) in [6.07, 6.45) is -4.97. The molecule has 1 aliphatic heterocycles. The Hall–Kier alpha value is -2.09. The lowest BCUT2D eigenvalue weighted by atomic mass is 9.85. The first-order chi connectivity index (χ1) is 9.76. The average Bonchev–Trinajstić information content (AvgIpc) is 2.89. The second kappa shape index (κ2) is 5.36. The molecule has 1 aliphatic rings. The Morgan fingerprint density at radius 3 is 2.57 bits per heavy atom. The molecule has 0 radical (unpaired) electrons. The van der Waals surface area contributed by atoms with E-state index in [1.807, 2.05) is 0 Å². The summed E-state index contributed by atoms with van der Waals surface area (Å²) < 4.78 is 39.6. The van der Waals surface area contributed by atoms with Crippen LogP contribution in [0, 0.1) is 5.41 Å². The molecule has 1 aromatic rings. The molecule has 114 valence electrons. The number of alkyl halides is 3. The largest absolute Gasteiger partial charge is 0.404 e. The molecule has 1 atom stereocenters. The lowest BCUT2D eigenvalue weighted by Gasteiger charge is -2.29. The van der Waals surface area contributed by atoms with E-state index >= 15 is 0 Å². The SMILES string of the molecule is NC(=O)c1cccc(NC(=O)C2(C(F)(F)F)CCNC2)c1. The van der Waals surface area contributed by atoms with Gasteiger partial charge in [0.05, 0.1) is 0 Å². The third-order valence-corrected chi connectivity index (χ3v) is 3.54. The van der Waals surface area contributed by atoms with Crippen LogP contribution >= 0.6 is 0 Å². The Morgan fingerprint density at radius 1 is 1.33 bits per heavy atom. The van der Waals surface area contributed by atoms with Crippen molar-refractivity contribution < 1.29 is 22.8 Å². The van der Waals surface area contributed by atoms with Crippen molar-refractivity contribution in [3.8, 4) is 0 Å². The zero-order valence-electron chi connectivity index (χ0n) is 11.0. The molecule has 4 N–H and O–H groups in total. The predicted molar refractivity (Wildman–Crippen MR) is 69.6 cm³/mol. The summed E-state index contributed by atoms with van der Waals surface area (Å²) in [7, 11) is 0. The van der Waals surface area contributed by atoms with Gasteiger partial charge in [0.2, 0.25) is 11.8 Å². The first-order valence-corrected chi connectivity index (χ1v) is 6.25. The maximum Gasteiger partial charge on any atom is 0.404 e. The highest BCUT2D eigenvalue weighted by Crippen LogP contribution is 2.43. The highest BCUT2D eigenvalue weighted by molar-refractivity contribution is 5.98.